The van der Waals surface area contributed by atoms with Gasteiger partial charge in [-0.05, 0) is 52.2 Å². The van der Waals surface area contributed by atoms with Gasteiger partial charge in [0.2, 0.25) is 5.91 Å². The van der Waals surface area contributed by atoms with E-state index in [1.165, 1.54) is 38.9 Å². The van der Waals surface area contributed by atoms with E-state index in [1.807, 2.05) is 6.92 Å². The van der Waals surface area contributed by atoms with Crippen LogP contribution in [0.25, 0.3) is 0 Å². The van der Waals surface area contributed by atoms with Crippen molar-refractivity contribution in [2.45, 2.75) is 32.6 Å². The van der Waals surface area contributed by atoms with Crippen molar-refractivity contribution in [1.82, 2.24) is 10.2 Å². The largest absolute Gasteiger partial charge is 0.372 e. The summed E-state index contributed by atoms with van der Waals surface area (Å²) in [4.78, 5) is 13.7. The van der Waals surface area contributed by atoms with Gasteiger partial charge in [-0.3, -0.25) is 4.79 Å². The molecule has 0 aliphatic carbocycles. The molecule has 0 unspecified atom stereocenters. The van der Waals surface area contributed by atoms with Crippen LogP contribution in [0.3, 0.4) is 0 Å². The number of ether oxygens (including phenoxy) is 1. The van der Waals surface area contributed by atoms with Gasteiger partial charge in [-0.25, -0.2) is 0 Å². The highest BCUT2D eigenvalue weighted by molar-refractivity contribution is 5.77. The standard InChI is InChI=1S/C12H24N2O2/c1-2-16-11-12(15)13-7-3-4-8-14-9-5-6-10-14/h2-11H2,1H3,(H,13,15). The van der Waals surface area contributed by atoms with Crippen molar-refractivity contribution in [2.75, 3.05) is 39.4 Å². The van der Waals surface area contributed by atoms with E-state index >= 15 is 0 Å². The van der Waals surface area contributed by atoms with E-state index < -0.39 is 0 Å². The quantitative estimate of drug-likeness (QED) is 0.631. The van der Waals surface area contributed by atoms with Gasteiger partial charge < -0.3 is 15.0 Å². The van der Waals surface area contributed by atoms with Gasteiger partial charge in [-0.15, -0.1) is 0 Å². The van der Waals surface area contributed by atoms with Crippen LogP contribution in [-0.2, 0) is 9.53 Å². The van der Waals surface area contributed by atoms with Crippen LogP contribution < -0.4 is 5.32 Å². The molecule has 4 nitrogen and oxygen atoms in total. The second-order valence-electron chi connectivity index (χ2n) is 4.24. The summed E-state index contributed by atoms with van der Waals surface area (Å²) in [6.07, 6.45) is 4.94. The smallest absolute Gasteiger partial charge is 0.245 e. The minimum atomic E-state index is 0.00280. The fourth-order valence-corrected chi connectivity index (χ4v) is 1.94. The zero-order valence-corrected chi connectivity index (χ0v) is 10.3. The molecule has 0 aromatic rings. The summed E-state index contributed by atoms with van der Waals surface area (Å²) in [6.45, 7) is 7.17. The number of hydrogen-bond acceptors (Lipinski definition) is 3. The maximum Gasteiger partial charge on any atom is 0.245 e. The Hall–Kier alpha value is -0.610. The SMILES string of the molecule is CCOCC(=O)NCCCCN1CCCC1. The number of carbonyl (C=O) groups excluding carboxylic acids is 1. The predicted molar refractivity (Wildman–Crippen MR) is 64.4 cm³/mol. The second-order valence-corrected chi connectivity index (χ2v) is 4.24. The molecular weight excluding hydrogens is 204 g/mol. The van der Waals surface area contributed by atoms with Crippen molar-refractivity contribution >= 4 is 5.91 Å². The maximum absolute atomic E-state index is 11.2. The van der Waals surface area contributed by atoms with Gasteiger partial charge in [0.1, 0.15) is 6.61 Å². The summed E-state index contributed by atoms with van der Waals surface area (Å²) in [6, 6.07) is 0. The number of rotatable bonds is 8. The number of likely N-dealkylation sites (tertiary alicyclic amines) is 1. The van der Waals surface area contributed by atoms with Gasteiger partial charge in [0.15, 0.2) is 0 Å². The van der Waals surface area contributed by atoms with Gasteiger partial charge in [0, 0.05) is 13.2 Å². The molecule has 0 aromatic heterocycles. The van der Waals surface area contributed by atoms with E-state index in [2.05, 4.69) is 10.2 Å². The molecule has 1 amide bonds. The van der Waals surface area contributed by atoms with E-state index in [0.717, 1.165) is 13.0 Å². The Kier molecular flexibility index (Phi) is 7.17. The van der Waals surface area contributed by atoms with Crippen LogP contribution >= 0.6 is 0 Å². The van der Waals surface area contributed by atoms with Gasteiger partial charge in [0.25, 0.3) is 0 Å². The highest BCUT2D eigenvalue weighted by atomic mass is 16.5. The summed E-state index contributed by atoms with van der Waals surface area (Å²) in [5.41, 5.74) is 0. The molecule has 0 bridgehead atoms. The highest BCUT2D eigenvalue weighted by Gasteiger charge is 2.10. The normalized spacial score (nSPS) is 16.6. The third kappa shape index (κ3) is 6.08. The molecule has 1 fully saturated rings. The summed E-state index contributed by atoms with van der Waals surface area (Å²) < 4.78 is 5.01. The summed E-state index contributed by atoms with van der Waals surface area (Å²) in [7, 11) is 0. The molecule has 0 aromatic carbocycles. The number of amides is 1. The molecule has 1 aliphatic rings. The fraction of sp³-hybridized carbons (Fsp3) is 0.917. The van der Waals surface area contributed by atoms with Crippen molar-refractivity contribution in [1.29, 1.82) is 0 Å². The Morgan fingerprint density at radius 1 is 1.31 bits per heavy atom. The average molecular weight is 228 g/mol. The molecule has 0 saturated carbocycles. The topological polar surface area (TPSA) is 41.6 Å². The molecular formula is C12H24N2O2. The van der Waals surface area contributed by atoms with Gasteiger partial charge in [-0.2, -0.15) is 0 Å². The van der Waals surface area contributed by atoms with Crippen LogP contribution in [0, 0.1) is 0 Å². The van der Waals surface area contributed by atoms with E-state index in [9.17, 15) is 4.79 Å². The summed E-state index contributed by atoms with van der Waals surface area (Å²) >= 11 is 0. The first kappa shape index (κ1) is 13.5. The number of nitrogens with one attached hydrogen (secondary N) is 1. The van der Waals surface area contributed by atoms with Crippen molar-refractivity contribution in [3.05, 3.63) is 0 Å². The monoisotopic (exact) mass is 228 g/mol. The molecule has 1 heterocycles. The lowest BCUT2D eigenvalue weighted by atomic mass is 10.3. The van der Waals surface area contributed by atoms with Crippen molar-refractivity contribution in [3.8, 4) is 0 Å². The van der Waals surface area contributed by atoms with E-state index in [0.29, 0.717) is 6.61 Å². The molecule has 16 heavy (non-hydrogen) atoms. The minimum absolute atomic E-state index is 0.00280. The third-order valence-corrected chi connectivity index (χ3v) is 2.86. The van der Waals surface area contributed by atoms with Crippen LogP contribution in [0.2, 0.25) is 0 Å². The van der Waals surface area contributed by atoms with Crippen LogP contribution in [-0.4, -0.2) is 50.2 Å². The van der Waals surface area contributed by atoms with E-state index in [-0.39, 0.29) is 12.5 Å². The molecule has 0 atom stereocenters. The molecule has 0 radical (unpaired) electrons. The van der Waals surface area contributed by atoms with Crippen molar-refractivity contribution in [3.63, 3.8) is 0 Å². The Balaban J connectivity index is 1.85. The first-order chi connectivity index (χ1) is 7.83. The molecule has 1 aliphatic heterocycles. The van der Waals surface area contributed by atoms with Crippen LogP contribution in [0.15, 0.2) is 0 Å². The van der Waals surface area contributed by atoms with Crippen molar-refractivity contribution < 1.29 is 9.53 Å². The summed E-state index contributed by atoms with van der Waals surface area (Å²) in [5, 5.41) is 2.86. The lowest BCUT2D eigenvalue weighted by Crippen LogP contribution is -2.29. The lowest BCUT2D eigenvalue weighted by Gasteiger charge is -2.13. The number of nitrogens with zero attached hydrogens (tertiary/aromatic N) is 1. The molecule has 4 heteroatoms. The highest BCUT2D eigenvalue weighted by Crippen LogP contribution is 2.07. The Bertz CT molecular complexity index is 191. The average Bonchev–Trinajstić information content (AvgIpc) is 2.79. The Morgan fingerprint density at radius 2 is 2.06 bits per heavy atom. The summed E-state index contributed by atoms with van der Waals surface area (Å²) in [5.74, 6) is 0.00280. The van der Waals surface area contributed by atoms with Crippen LogP contribution in [0.1, 0.15) is 32.6 Å². The zero-order valence-electron chi connectivity index (χ0n) is 10.3. The molecule has 0 spiro atoms. The molecule has 94 valence electrons. The number of carbonyl (C=O) groups is 1. The van der Waals surface area contributed by atoms with Gasteiger partial charge in [-0.1, -0.05) is 0 Å². The Morgan fingerprint density at radius 3 is 2.75 bits per heavy atom. The zero-order chi connectivity index (χ0) is 11.6. The first-order valence-electron chi connectivity index (χ1n) is 6.39. The number of unbranched alkanes of at least 4 members (excludes halogenated alkanes) is 1. The second kappa shape index (κ2) is 8.53. The molecule has 1 rings (SSSR count). The van der Waals surface area contributed by atoms with Crippen molar-refractivity contribution in [2.24, 2.45) is 0 Å². The van der Waals surface area contributed by atoms with E-state index in [1.54, 1.807) is 0 Å². The van der Waals surface area contributed by atoms with E-state index in [4.69, 9.17) is 4.74 Å². The lowest BCUT2D eigenvalue weighted by molar-refractivity contribution is -0.125. The van der Waals surface area contributed by atoms with Crippen LogP contribution in [0.4, 0.5) is 0 Å². The number of hydrogen-bond donors (Lipinski definition) is 1. The Labute approximate surface area is 98.3 Å². The molecule has 1 N–H and O–H groups in total. The first-order valence-corrected chi connectivity index (χ1v) is 6.39. The predicted octanol–water partition coefficient (Wildman–Crippen LogP) is 1.02. The van der Waals surface area contributed by atoms with Gasteiger partial charge >= 0.3 is 0 Å². The minimum Gasteiger partial charge on any atom is -0.372 e. The van der Waals surface area contributed by atoms with Gasteiger partial charge in [0.05, 0.1) is 0 Å². The maximum atomic E-state index is 11.2. The third-order valence-electron chi connectivity index (χ3n) is 2.86. The van der Waals surface area contributed by atoms with Crippen LogP contribution in [0.5, 0.6) is 0 Å². The fourth-order valence-electron chi connectivity index (χ4n) is 1.94. The molecule has 1 saturated heterocycles.